The maximum atomic E-state index is 14.5. The Morgan fingerprint density at radius 2 is 1.59 bits per heavy atom. The van der Waals surface area contributed by atoms with Crippen molar-refractivity contribution in [2.45, 2.75) is 37.8 Å². The number of hydrogen-bond donors (Lipinski definition) is 1. The van der Waals surface area contributed by atoms with Gasteiger partial charge in [0.2, 0.25) is 11.8 Å². The monoisotopic (exact) mass is 545 g/mol. The van der Waals surface area contributed by atoms with Gasteiger partial charge in [-0.05, 0) is 55.8 Å². The smallest absolute Gasteiger partial charge is 0.264 e. The number of hydrogen-bond acceptors (Lipinski definition) is 4. The quantitative estimate of drug-likeness (QED) is 0.381. The zero-order chi connectivity index (χ0) is 27.0. The van der Waals surface area contributed by atoms with Gasteiger partial charge < -0.3 is 10.2 Å². The molecule has 0 saturated heterocycles. The molecule has 7 nitrogen and oxygen atoms in total. The number of halogens is 2. The number of nitrogens with zero attached hydrogens (tertiary/aromatic N) is 2. The lowest BCUT2D eigenvalue weighted by Gasteiger charge is -2.32. The average molecular weight is 546 g/mol. The van der Waals surface area contributed by atoms with E-state index in [2.05, 4.69) is 5.32 Å². The fourth-order valence-electron chi connectivity index (χ4n) is 3.64. The van der Waals surface area contributed by atoms with Gasteiger partial charge in [0.1, 0.15) is 18.4 Å². The van der Waals surface area contributed by atoms with Crippen LogP contribution in [-0.2, 0) is 26.2 Å². The number of nitrogens with one attached hydrogen (secondary N) is 1. The summed E-state index contributed by atoms with van der Waals surface area (Å²) in [6, 6.07) is 18.7. The van der Waals surface area contributed by atoms with E-state index in [9.17, 15) is 22.4 Å². The first-order valence-corrected chi connectivity index (χ1v) is 13.6. The Kier molecular flexibility index (Phi) is 9.66. The van der Waals surface area contributed by atoms with E-state index < -0.39 is 40.2 Å². The highest BCUT2D eigenvalue weighted by molar-refractivity contribution is 7.92. The number of carbonyl (C=O) groups is 2. The molecule has 3 aromatic carbocycles. The van der Waals surface area contributed by atoms with Crippen LogP contribution in [0.2, 0.25) is 5.02 Å². The molecule has 10 heteroatoms. The number of sulfonamides is 1. The van der Waals surface area contributed by atoms with E-state index >= 15 is 0 Å². The molecule has 2 amide bonds. The van der Waals surface area contributed by atoms with Crippen LogP contribution in [-0.4, -0.2) is 44.3 Å². The molecule has 0 aliphatic rings. The number of carbonyl (C=O) groups excluding carboxylic acids is 2. The molecular weight excluding hydrogens is 517 g/mol. The van der Waals surface area contributed by atoms with Crippen molar-refractivity contribution in [3.05, 3.63) is 95.3 Å². The van der Waals surface area contributed by atoms with E-state index in [1.54, 1.807) is 24.3 Å². The second-order valence-corrected chi connectivity index (χ2v) is 10.7. The lowest BCUT2D eigenvalue weighted by molar-refractivity contribution is -0.139. The topological polar surface area (TPSA) is 86.8 Å². The second-order valence-electron chi connectivity index (χ2n) is 8.38. The minimum atomic E-state index is -4.17. The first-order valence-electron chi connectivity index (χ1n) is 11.8. The Labute approximate surface area is 221 Å². The van der Waals surface area contributed by atoms with Crippen LogP contribution >= 0.6 is 11.6 Å². The summed E-state index contributed by atoms with van der Waals surface area (Å²) >= 11 is 6.00. The van der Waals surface area contributed by atoms with Gasteiger partial charge in [-0.3, -0.25) is 13.9 Å². The van der Waals surface area contributed by atoms with E-state index in [-0.39, 0.29) is 22.7 Å². The summed E-state index contributed by atoms with van der Waals surface area (Å²) in [6.07, 6.45) is 0.694. The maximum Gasteiger partial charge on any atom is 0.264 e. The highest BCUT2D eigenvalue weighted by Gasteiger charge is 2.32. The highest BCUT2D eigenvalue weighted by Crippen LogP contribution is 2.26. The van der Waals surface area contributed by atoms with Crippen LogP contribution in [0.1, 0.15) is 25.8 Å². The van der Waals surface area contributed by atoms with Gasteiger partial charge in [0.25, 0.3) is 10.0 Å². The molecule has 0 bridgehead atoms. The molecule has 0 aliphatic carbocycles. The van der Waals surface area contributed by atoms with Gasteiger partial charge in [0, 0.05) is 23.7 Å². The summed E-state index contributed by atoms with van der Waals surface area (Å²) in [7, 11) is -4.17. The molecule has 196 valence electrons. The molecule has 0 aromatic heterocycles. The Morgan fingerprint density at radius 1 is 0.973 bits per heavy atom. The van der Waals surface area contributed by atoms with Crippen LogP contribution in [0.15, 0.2) is 83.8 Å². The molecule has 3 aromatic rings. The normalized spacial score (nSPS) is 12.0. The highest BCUT2D eigenvalue weighted by atomic mass is 35.5. The van der Waals surface area contributed by atoms with Crippen LogP contribution in [0, 0.1) is 5.82 Å². The molecule has 0 unspecified atom stereocenters. The molecule has 0 heterocycles. The number of benzene rings is 3. The Morgan fingerprint density at radius 3 is 2.22 bits per heavy atom. The molecule has 37 heavy (non-hydrogen) atoms. The van der Waals surface area contributed by atoms with Crippen molar-refractivity contribution in [2.75, 3.05) is 17.4 Å². The fraction of sp³-hybridized carbons (Fsp3) is 0.259. The van der Waals surface area contributed by atoms with Gasteiger partial charge in [-0.1, -0.05) is 54.9 Å². The summed E-state index contributed by atoms with van der Waals surface area (Å²) in [5.41, 5.74) is 0.422. The largest absolute Gasteiger partial charge is 0.354 e. The van der Waals surface area contributed by atoms with Crippen molar-refractivity contribution in [3.8, 4) is 0 Å². The van der Waals surface area contributed by atoms with Crippen molar-refractivity contribution in [1.29, 1.82) is 0 Å². The summed E-state index contributed by atoms with van der Waals surface area (Å²) in [5.74, 6) is -1.62. The molecule has 0 spiro atoms. The maximum absolute atomic E-state index is 14.5. The Balaban J connectivity index is 2.01. The third-order valence-electron chi connectivity index (χ3n) is 5.74. The first kappa shape index (κ1) is 28.1. The van der Waals surface area contributed by atoms with Crippen molar-refractivity contribution < 1.29 is 22.4 Å². The van der Waals surface area contributed by atoms with Crippen LogP contribution in [0.25, 0.3) is 0 Å². The zero-order valence-corrected chi connectivity index (χ0v) is 22.2. The third kappa shape index (κ3) is 7.08. The molecule has 0 fully saturated rings. The predicted molar refractivity (Wildman–Crippen MR) is 142 cm³/mol. The molecule has 1 atom stereocenters. The van der Waals surface area contributed by atoms with Crippen LogP contribution < -0.4 is 9.62 Å². The second kappa shape index (κ2) is 12.7. The standard InChI is InChI=1S/C27H29ClFN3O4S/c1-3-17-30-27(34)20(2)31(18-21-9-7-8-12-25(21)29)26(33)19-32(23-15-13-22(28)14-16-23)37(35,36)24-10-5-4-6-11-24/h4-16,20H,3,17-19H2,1-2H3,(H,30,34)/t20-/m1/s1. The van der Waals surface area contributed by atoms with E-state index in [4.69, 9.17) is 11.6 Å². The third-order valence-corrected chi connectivity index (χ3v) is 7.78. The summed E-state index contributed by atoms with van der Waals surface area (Å²) in [6.45, 7) is 3.00. The Hall–Kier alpha value is -3.43. The lowest BCUT2D eigenvalue weighted by Crippen LogP contribution is -2.51. The molecule has 0 aliphatic heterocycles. The van der Waals surface area contributed by atoms with Crippen molar-refractivity contribution >= 4 is 39.1 Å². The van der Waals surface area contributed by atoms with Crippen LogP contribution in [0.3, 0.4) is 0 Å². The predicted octanol–water partition coefficient (Wildman–Crippen LogP) is 4.62. The number of rotatable bonds is 11. The SMILES string of the molecule is CCCNC(=O)[C@@H](C)N(Cc1ccccc1F)C(=O)CN(c1ccc(Cl)cc1)S(=O)(=O)c1ccccc1. The lowest BCUT2D eigenvalue weighted by atomic mass is 10.1. The van der Waals surface area contributed by atoms with Gasteiger partial charge in [-0.15, -0.1) is 0 Å². The minimum absolute atomic E-state index is 0.00728. The Bertz CT molecular complexity index is 1320. The molecular formula is C27H29ClFN3O4S. The minimum Gasteiger partial charge on any atom is -0.354 e. The van der Waals surface area contributed by atoms with Crippen molar-refractivity contribution in [1.82, 2.24) is 10.2 Å². The van der Waals surface area contributed by atoms with Gasteiger partial charge in [-0.25, -0.2) is 12.8 Å². The van der Waals surface area contributed by atoms with Crippen LogP contribution in [0.5, 0.6) is 0 Å². The average Bonchev–Trinajstić information content (AvgIpc) is 2.90. The first-order chi connectivity index (χ1) is 17.6. The fourth-order valence-corrected chi connectivity index (χ4v) is 5.21. The zero-order valence-electron chi connectivity index (χ0n) is 20.6. The number of anilines is 1. The molecule has 0 radical (unpaired) electrons. The van der Waals surface area contributed by atoms with Crippen molar-refractivity contribution in [3.63, 3.8) is 0 Å². The van der Waals surface area contributed by atoms with Gasteiger partial charge in [0.05, 0.1) is 10.6 Å². The van der Waals surface area contributed by atoms with Crippen molar-refractivity contribution in [2.24, 2.45) is 0 Å². The number of amides is 2. The summed E-state index contributed by atoms with van der Waals surface area (Å²) < 4.78 is 42.7. The summed E-state index contributed by atoms with van der Waals surface area (Å²) in [4.78, 5) is 27.7. The molecule has 3 rings (SSSR count). The van der Waals surface area contributed by atoms with E-state index in [1.165, 1.54) is 66.4 Å². The van der Waals surface area contributed by atoms with Crippen LogP contribution in [0.4, 0.5) is 10.1 Å². The van der Waals surface area contributed by atoms with Gasteiger partial charge >= 0.3 is 0 Å². The summed E-state index contributed by atoms with van der Waals surface area (Å²) in [5, 5.41) is 3.14. The van der Waals surface area contributed by atoms with E-state index in [0.717, 1.165) is 4.31 Å². The van der Waals surface area contributed by atoms with E-state index in [1.807, 2.05) is 6.92 Å². The molecule has 0 saturated carbocycles. The molecule has 1 N–H and O–H groups in total. The van der Waals surface area contributed by atoms with Gasteiger partial charge in [0.15, 0.2) is 0 Å². The van der Waals surface area contributed by atoms with Gasteiger partial charge in [-0.2, -0.15) is 0 Å². The van der Waals surface area contributed by atoms with E-state index in [0.29, 0.717) is 18.0 Å².